The lowest BCUT2D eigenvalue weighted by Gasteiger charge is -2.47. The molecule has 2 heteroatoms. The maximum atomic E-state index is 10.4. The summed E-state index contributed by atoms with van der Waals surface area (Å²) in [6.45, 7) is 4.13. The van der Waals surface area contributed by atoms with Gasteiger partial charge in [-0.15, -0.1) is 11.8 Å². The zero-order valence-corrected chi connectivity index (χ0v) is 11.1. The van der Waals surface area contributed by atoms with Crippen molar-refractivity contribution in [3.8, 4) is 11.8 Å². The molecule has 1 atom stereocenters. The van der Waals surface area contributed by atoms with Gasteiger partial charge in [0.25, 0.3) is 0 Å². The van der Waals surface area contributed by atoms with Gasteiger partial charge in [0.2, 0.25) is 0 Å². The third-order valence-corrected chi connectivity index (χ3v) is 4.12. The van der Waals surface area contributed by atoms with Crippen LogP contribution in [0.3, 0.4) is 0 Å². The highest BCUT2D eigenvalue weighted by Crippen LogP contribution is 2.38. The molecule has 0 aromatic heterocycles. The van der Waals surface area contributed by atoms with Gasteiger partial charge in [-0.2, -0.15) is 0 Å². The summed E-state index contributed by atoms with van der Waals surface area (Å²) in [7, 11) is 4.16. The highest BCUT2D eigenvalue weighted by molar-refractivity contribution is 5.05. The Hall–Kier alpha value is -0.520. The van der Waals surface area contributed by atoms with Gasteiger partial charge in [-0.05, 0) is 52.6 Å². The molecule has 0 spiro atoms. The molecule has 0 saturated heterocycles. The van der Waals surface area contributed by atoms with Gasteiger partial charge in [-0.3, -0.25) is 0 Å². The minimum Gasteiger partial charge on any atom is -0.390 e. The lowest BCUT2D eigenvalue weighted by atomic mass is 9.72. The van der Waals surface area contributed by atoms with Gasteiger partial charge in [0.05, 0.1) is 6.10 Å². The second-order valence-electron chi connectivity index (χ2n) is 5.33. The van der Waals surface area contributed by atoms with E-state index in [0.717, 1.165) is 18.8 Å². The largest absolute Gasteiger partial charge is 0.390 e. The summed E-state index contributed by atoms with van der Waals surface area (Å²) in [5.41, 5.74) is -0.0453. The maximum absolute atomic E-state index is 10.4. The van der Waals surface area contributed by atoms with Crippen LogP contribution in [0, 0.1) is 17.8 Å². The number of aliphatic hydroxyl groups excluding tert-OH is 1. The summed E-state index contributed by atoms with van der Waals surface area (Å²) in [5, 5.41) is 10.4. The molecule has 0 amide bonds. The smallest absolute Gasteiger partial charge is 0.0832 e. The van der Waals surface area contributed by atoms with Gasteiger partial charge in [-0.1, -0.05) is 6.92 Å². The molecule has 1 aliphatic carbocycles. The molecule has 0 aliphatic heterocycles. The van der Waals surface area contributed by atoms with Crippen LogP contribution in [0.5, 0.6) is 0 Å². The van der Waals surface area contributed by atoms with E-state index < -0.39 is 0 Å². The highest BCUT2D eigenvalue weighted by atomic mass is 16.3. The van der Waals surface area contributed by atoms with Crippen molar-refractivity contribution in [2.24, 2.45) is 5.92 Å². The monoisotopic (exact) mass is 223 g/mol. The predicted octanol–water partition coefficient (Wildman–Crippen LogP) is 2.27. The molecular weight excluding hydrogens is 198 g/mol. The quantitative estimate of drug-likeness (QED) is 0.742. The van der Waals surface area contributed by atoms with Crippen molar-refractivity contribution < 1.29 is 5.11 Å². The van der Waals surface area contributed by atoms with Crippen LogP contribution in [0.4, 0.5) is 0 Å². The lowest BCUT2D eigenvalue weighted by Crippen LogP contribution is -2.55. The molecule has 0 aromatic carbocycles. The molecule has 1 saturated carbocycles. The summed E-state index contributed by atoms with van der Waals surface area (Å²) in [6.07, 6.45) is 4.90. The third-order valence-electron chi connectivity index (χ3n) is 4.12. The molecule has 1 N–H and O–H groups in total. The number of rotatable bonds is 3. The van der Waals surface area contributed by atoms with E-state index in [2.05, 4.69) is 37.8 Å². The van der Waals surface area contributed by atoms with E-state index >= 15 is 0 Å². The first-order valence-corrected chi connectivity index (χ1v) is 6.28. The Morgan fingerprint density at radius 3 is 2.38 bits per heavy atom. The summed E-state index contributed by atoms with van der Waals surface area (Å²) < 4.78 is 0. The molecular formula is C14H25NO. The number of hydrogen-bond acceptors (Lipinski definition) is 2. The molecule has 1 unspecified atom stereocenters. The summed E-state index contributed by atoms with van der Waals surface area (Å²) in [4.78, 5) is 2.21. The van der Waals surface area contributed by atoms with Gasteiger partial charge >= 0.3 is 0 Å². The fourth-order valence-corrected chi connectivity index (χ4v) is 2.73. The molecule has 1 aliphatic rings. The van der Waals surface area contributed by atoms with Crippen LogP contribution in [0.1, 0.15) is 46.0 Å². The van der Waals surface area contributed by atoms with Crippen molar-refractivity contribution in [3.63, 3.8) is 0 Å². The van der Waals surface area contributed by atoms with Crippen LogP contribution in [-0.2, 0) is 0 Å². The predicted molar refractivity (Wildman–Crippen MR) is 68.1 cm³/mol. The maximum Gasteiger partial charge on any atom is 0.0832 e. The van der Waals surface area contributed by atoms with E-state index in [1.54, 1.807) is 0 Å². The Morgan fingerprint density at radius 2 is 1.94 bits per heavy atom. The van der Waals surface area contributed by atoms with E-state index in [0.29, 0.717) is 6.42 Å². The minimum absolute atomic E-state index is 0.0453. The van der Waals surface area contributed by atoms with Crippen molar-refractivity contribution in [3.05, 3.63) is 0 Å². The van der Waals surface area contributed by atoms with Crippen molar-refractivity contribution in [2.45, 2.75) is 57.6 Å². The molecule has 0 aromatic rings. The number of likely N-dealkylation sites (N-methyl/N-ethyl adjacent to an activating group) is 1. The molecule has 0 heterocycles. The van der Waals surface area contributed by atoms with E-state index in [4.69, 9.17) is 0 Å². The van der Waals surface area contributed by atoms with Gasteiger partial charge in [0.15, 0.2) is 0 Å². The van der Waals surface area contributed by atoms with Crippen molar-refractivity contribution in [2.75, 3.05) is 14.1 Å². The highest BCUT2D eigenvalue weighted by Gasteiger charge is 2.41. The number of nitrogens with zero attached hydrogens (tertiary/aromatic N) is 1. The Balaban J connectivity index is 2.75. The Bertz CT molecular complexity index is 266. The zero-order chi connectivity index (χ0) is 12.2. The molecule has 2 nitrogen and oxygen atoms in total. The van der Waals surface area contributed by atoms with Crippen LogP contribution in [0.25, 0.3) is 0 Å². The fraction of sp³-hybridized carbons (Fsp3) is 0.857. The van der Waals surface area contributed by atoms with E-state index in [1.807, 2.05) is 6.92 Å². The second kappa shape index (κ2) is 5.70. The summed E-state index contributed by atoms with van der Waals surface area (Å²) >= 11 is 0. The van der Waals surface area contributed by atoms with E-state index in [-0.39, 0.29) is 11.6 Å². The molecule has 1 fully saturated rings. The summed E-state index contributed by atoms with van der Waals surface area (Å²) in [6, 6.07) is 0. The molecule has 1 rings (SSSR count). The van der Waals surface area contributed by atoms with Crippen LogP contribution in [-0.4, -0.2) is 35.7 Å². The SMILES string of the molecule is CC#CCC(O)C1(N(C)C)CCC(C)CC1. The first kappa shape index (κ1) is 13.5. The van der Waals surface area contributed by atoms with E-state index in [1.165, 1.54) is 12.8 Å². The topological polar surface area (TPSA) is 23.5 Å². The normalized spacial score (nSPS) is 32.0. The van der Waals surface area contributed by atoms with Crippen molar-refractivity contribution in [1.29, 1.82) is 0 Å². The molecule has 92 valence electrons. The van der Waals surface area contributed by atoms with E-state index in [9.17, 15) is 5.11 Å². The zero-order valence-electron chi connectivity index (χ0n) is 11.1. The van der Waals surface area contributed by atoms with Gasteiger partial charge in [0, 0.05) is 12.0 Å². The fourth-order valence-electron chi connectivity index (χ4n) is 2.73. The van der Waals surface area contributed by atoms with Crippen LogP contribution in [0.15, 0.2) is 0 Å². The molecule has 16 heavy (non-hydrogen) atoms. The first-order chi connectivity index (χ1) is 7.53. The molecule has 0 bridgehead atoms. The standard InChI is InChI=1S/C14H25NO/c1-5-6-7-13(16)14(15(3)4)10-8-12(2)9-11-14/h12-13,16H,7-11H2,1-4H3. The Kier molecular flexibility index (Phi) is 4.83. The van der Waals surface area contributed by atoms with Crippen LogP contribution < -0.4 is 0 Å². The van der Waals surface area contributed by atoms with Crippen LogP contribution in [0.2, 0.25) is 0 Å². The minimum atomic E-state index is -0.317. The first-order valence-electron chi connectivity index (χ1n) is 6.28. The summed E-state index contributed by atoms with van der Waals surface area (Å²) in [5.74, 6) is 6.69. The van der Waals surface area contributed by atoms with Gasteiger partial charge < -0.3 is 10.0 Å². The third kappa shape index (κ3) is 2.78. The van der Waals surface area contributed by atoms with Crippen molar-refractivity contribution in [1.82, 2.24) is 4.90 Å². The lowest BCUT2D eigenvalue weighted by molar-refractivity contribution is -0.0359. The number of hydrogen-bond donors (Lipinski definition) is 1. The van der Waals surface area contributed by atoms with Gasteiger partial charge in [-0.25, -0.2) is 0 Å². The average molecular weight is 223 g/mol. The van der Waals surface area contributed by atoms with Gasteiger partial charge in [0.1, 0.15) is 0 Å². The number of aliphatic hydroxyl groups is 1. The second-order valence-corrected chi connectivity index (χ2v) is 5.33. The Morgan fingerprint density at radius 1 is 1.38 bits per heavy atom. The Labute approximate surface area is 100 Å². The molecule has 0 radical (unpaired) electrons. The van der Waals surface area contributed by atoms with Crippen molar-refractivity contribution >= 4 is 0 Å². The van der Waals surface area contributed by atoms with Crippen LogP contribution >= 0.6 is 0 Å². The average Bonchev–Trinajstić information content (AvgIpc) is 2.26.